The summed E-state index contributed by atoms with van der Waals surface area (Å²) in [5.74, 6) is 0.915. The maximum absolute atomic E-state index is 5.62. The van der Waals surface area contributed by atoms with Crippen LogP contribution < -0.4 is 5.32 Å². The SMILES string of the molecule is C=C/C=C\C(=C)C1=C(C)C(NC(=C)SC(=C)c2ccc(=S)[nH]c2)=C(OC)CC1. The molecule has 0 fully saturated rings. The molecule has 28 heavy (non-hydrogen) atoms. The van der Waals surface area contributed by atoms with Gasteiger partial charge in [0.05, 0.1) is 17.8 Å². The van der Waals surface area contributed by atoms with Crippen LogP contribution in [0.2, 0.25) is 0 Å². The van der Waals surface area contributed by atoms with Gasteiger partial charge in [-0.1, -0.05) is 68.5 Å². The number of rotatable bonds is 9. The lowest BCUT2D eigenvalue weighted by Gasteiger charge is -2.26. The van der Waals surface area contributed by atoms with Crippen molar-refractivity contribution in [3.05, 3.63) is 106 Å². The van der Waals surface area contributed by atoms with Crippen LogP contribution >= 0.6 is 24.0 Å². The van der Waals surface area contributed by atoms with Gasteiger partial charge in [0.1, 0.15) is 10.4 Å². The van der Waals surface area contributed by atoms with E-state index in [1.165, 1.54) is 17.3 Å². The van der Waals surface area contributed by atoms with Crippen molar-refractivity contribution >= 4 is 28.9 Å². The van der Waals surface area contributed by atoms with Crippen molar-refractivity contribution in [3.63, 3.8) is 0 Å². The molecule has 146 valence electrons. The summed E-state index contributed by atoms with van der Waals surface area (Å²) in [5.41, 5.74) is 5.21. The van der Waals surface area contributed by atoms with Crippen molar-refractivity contribution < 1.29 is 4.74 Å². The van der Waals surface area contributed by atoms with Gasteiger partial charge in [-0.3, -0.25) is 0 Å². The average molecular weight is 411 g/mol. The Morgan fingerprint density at radius 2 is 2.04 bits per heavy atom. The average Bonchev–Trinajstić information content (AvgIpc) is 2.68. The Bertz CT molecular complexity index is 941. The number of aromatic amines is 1. The highest BCUT2D eigenvalue weighted by atomic mass is 32.2. The molecule has 0 amide bonds. The van der Waals surface area contributed by atoms with Gasteiger partial charge < -0.3 is 15.0 Å². The first-order chi connectivity index (χ1) is 13.4. The molecule has 1 aromatic rings. The molecule has 3 nitrogen and oxygen atoms in total. The Kier molecular flexibility index (Phi) is 7.91. The third-order valence-corrected chi connectivity index (χ3v) is 5.48. The maximum Gasteiger partial charge on any atom is 0.120 e. The fourth-order valence-electron chi connectivity index (χ4n) is 2.92. The van der Waals surface area contributed by atoms with E-state index in [9.17, 15) is 0 Å². The number of aromatic nitrogens is 1. The van der Waals surface area contributed by atoms with E-state index in [1.54, 1.807) is 13.2 Å². The van der Waals surface area contributed by atoms with Crippen LogP contribution in [0.25, 0.3) is 4.91 Å². The van der Waals surface area contributed by atoms with Gasteiger partial charge in [-0.15, -0.1) is 0 Å². The first-order valence-corrected chi connectivity index (χ1v) is 10.1. The molecule has 5 heteroatoms. The first-order valence-electron chi connectivity index (χ1n) is 8.84. The molecule has 0 atom stereocenters. The highest BCUT2D eigenvalue weighted by molar-refractivity contribution is 8.11. The van der Waals surface area contributed by atoms with Gasteiger partial charge in [-0.2, -0.15) is 0 Å². The van der Waals surface area contributed by atoms with Crippen molar-refractivity contribution in [3.8, 4) is 0 Å². The van der Waals surface area contributed by atoms with Crippen molar-refractivity contribution in [2.24, 2.45) is 0 Å². The minimum Gasteiger partial charge on any atom is -0.499 e. The third kappa shape index (κ3) is 5.50. The molecule has 0 saturated heterocycles. The van der Waals surface area contributed by atoms with Crippen LogP contribution in [-0.2, 0) is 4.74 Å². The molecule has 0 spiro atoms. The van der Waals surface area contributed by atoms with E-state index in [0.717, 1.165) is 50.9 Å². The molecule has 1 aliphatic carbocycles. The summed E-state index contributed by atoms with van der Waals surface area (Å²) in [5, 5.41) is 4.18. The van der Waals surface area contributed by atoms with Gasteiger partial charge in [0.25, 0.3) is 0 Å². The molecule has 0 bridgehead atoms. The molecule has 1 aliphatic rings. The minimum absolute atomic E-state index is 0.689. The molecule has 0 saturated carbocycles. The Balaban J connectivity index is 2.19. The summed E-state index contributed by atoms with van der Waals surface area (Å²) < 4.78 is 6.31. The van der Waals surface area contributed by atoms with Crippen LogP contribution in [0.15, 0.2) is 96.1 Å². The largest absolute Gasteiger partial charge is 0.499 e. The van der Waals surface area contributed by atoms with Crippen molar-refractivity contribution in [1.29, 1.82) is 0 Å². The molecule has 0 aliphatic heterocycles. The zero-order chi connectivity index (χ0) is 20.7. The van der Waals surface area contributed by atoms with Crippen molar-refractivity contribution in [2.45, 2.75) is 19.8 Å². The standard InChI is InChI=1S/C23H26N2OS2/c1-7-8-9-15(2)20-11-12-21(26-6)23(16(20)3)25-18(5)28-17(4)19-10-13-22(27)24-14-19/h7-10,13-14,25H,1-2,4-5,11-12H2,3,6H3,(H,24,27)/b9-8-. The Hall–Kier alpha value is -2.50. The number of thioether (sulfide) groups is 1. The fraction of sp³-hybridized carbons (Fsp3) is 0.174. The van der Waals surface area contributed by atoms with Gasteiger partial charge in [0.2, 0.25) is 0 Å². The van der Waals surface area contributed by atoms with E-state index >= 15 is 0 Å². The Labute approximate surface area is 177 Å². The Morgan fingerprint density at radius 1 is 1.29 bits per heavy atom. The predicted octanol–water partition coefficient (Wildman–Crippen LogP) is 6.78. The van der Waals surface area contributed by atoms with Gasteiger partial charge in [-0.25, -0.2) is 0 Å². The lowest BCUT2D eigenvalue weighted by Crippen LogP contribution is -2.19. The van der Waals surface area contributed by atoms with E-state index in [2.05, 4.69) is 43.5 Å². The molecule has 1 heterocycles. The number of nitrogens with one attached hydrogen (secondary N) is 2. The van der Waals surface area contributed by atoms with Crippen LogP contribution in [0.5, 0.6) is 0 Å². The van der Waals surface area contributed by atoms with Crippen molar-refractivity contribution in [2.75, 3.05) is 7.11 Å². The smallest absolute Gasteiger partial charge is 0.120 e. The quantitative estimate of drug-likeness (QED) is 0.348. The fourth-order valence-corrected chi connectivity index (χ4v) is 3.74. The lowest BCUT2D eigenvalue weighted by molar-refractivity contribution is 0.269. The van der Waals surface area contributed by atoms with Gasteiger partial charge in [-0.05, 0) is 42.2 Å². The van der Waals surface area contributed by atoms with E-state index in [4.69, 9.17) is 17.0 Å². The van der Waals surface area contributed by atoms with Gasteiger partial charge in [0.15, 0.2) is 0 Å². The number of pyridine rings is 1. The number of methoxy groups -OCH3 is 1. The molecule has 2 N–H and O–H groups in total. The van der Waals surface area contributed by atoms with E-state index in [0.29, 0.717) is 4.64 Å². The second-order valence-electron chi connectivity index (χ2n) is 6.24. The van der Waals surface area contributed by atoms with E-state index in [1.807, 2.05) is 30.5 Å². The minimum atomic E-state index is 0.689. The summed E-state index contributed by atoms with van der Waals surface area (Å²) in [6.07, 6.45) is 9.17. The highest BCUT2D eigenvalue weighted by Crippen LogP contribution is 2.36. The number of H-pyrrole nitrogens is 1. The highest BCUT2D eigenvalue weighted by Gasteiger charge is 2.21. The zero-order valence-corrected chi connectivity index (χ0v) is 18.1. The monoisotopic (exact) mass is 410 g/mol. The second-order valence-corrected chi connectivity index (χ2v) is 7.87. The normalized spacial score (nSPS) is 14.2. The summed E-state index contributed by atoms with van der Waals surface area (Å²) in [6.45, 7) is 18.3. The number of ether oxygens (including phenoxy) is 1. The third-order valence-electron chi connectivity index (χ3n) is 4.39. The first kappa shape index (κ1) is 21.8. The maximum atomic E-state index is 5.62. The van der Waals surface area contributed by atoms with E-state index in [-0.39, 0.29) is 0 Å². The second kappa shape index (κ2) is 10.2. The molecule has 0 unspecified atom stereocenters. The predicted molar refractivity (Wildman–Crippen MR) is 125 cm³/mol. The van der Waals surface area contributed by atoms with Crippen LogP contribution in [-0.4, -0.2) is 12.1 Å². The zero-order valence-electron chi connectivity index (χ0n) is 16.4. The molecular weight excluding hydrogens is 384 g/mol. The molecular formula is C23H26N2OS2. The molecule has 0 radical (unpaired) electrons. The van der Waals surface area contributed by atoms with Crippen LogP contribution in [0.4, 0.5) is 0 Å². The number of hydrogen-bond donors (Lipinski definition) is 2. The molecule has 1 aromatic heterocycles. The van der Waals surface area contributed by atoms with Gasteiger partial charge in [0, 0.05) is 23.1 Å². The summed E-state index contributed by atoms with van der Waals surface area (Å²) in [4.78, 5) is 3.90. The number of allylic oxidation sites excluding steroid dienone is 7. The molecule has 2 rings (SSSR count). The summed E-state index contributed by atoms with van der Waals surface area (Å²) in [7, 11) is 1.70. The summed E-state index contributed by atoms with van der Waals surface area (Å²) >= 11 is 6.56. The topological polar surface area (TPSA) is 37.0 Å². The van der Waals surface area contributed by atoms with Crippen LogP contribution in [0.3, 0.4) is 0 Å². The number of hydrogen-bond acceptors (Lipinski definition) is 4. The van der Waals surface area contributed by atoms with Crippen LogP contribution in [0, 0.1) is 4.64 Å². The Morgan fingerprint density at radius 3 is 2.64 bits per heavy atom. The summed E-state index contributed by atoms with van der Waals surface area (Å²) in [6, 6.07) is 3.79. The molecule has 0 aromatic carbocycles. The van der Waals surface area contributed by atoms with Gasteiger partial charge >= 0.3 is 0 Å². The lowest BCUT2D eigenvalue weighted by atomic mass is 9.89. The van der Waals surface area contributed by atoms with Crippen molar-refractivity contribution in [1.82, 2.24) is 10.3 Å². The van der Waals surface area contributed by atoms with Crippen LogP contribution in [0.1, 0.15) is 25.3 Å². The van der Waals surface area contributed by atoms with E-state index < -0.39 is 0 Å².